The Labute approximate surface area is 131 Å². The number of fused-ring (bicyclic) bond motifs is 1. The number of likely N-dealkylation sites (tertiary alicyclic amines) is 1. The highest BCUT2D eigenvalue weighted by atomic mass is 16.7. The van der Waals surface area contributed by atoms with E-state index in [1.807, 2.05) is 12.1 Å². The molecule has 1 N–H and O–H groups in total. The van der Waals surface area contributed by atoms with Crippen molar-refractivity contribution in [2.75, 3.05) is 33.5 Å². The zero-order valence-electron chi connectivity index (χ0n) is 13.1. The summed E-state index contributed by atoms with van der Waals surface area (Å²) in [4.78, 5) is 2.66. The van der Waals surface area contributed by atoms with Gasteiger partial charge in [-0.25, -0.2) is 0 Å². The number of rotatable bonds is 6. The third-order valence-electron chi connectivity index (χ3n) is 4.86. The highest BCUT2D eigenvalue weighted by Crippen LogP contribution is 2.41. The van der Waals surface area contributed by atoms with Crippen LogP contribution in [0.5, 0.6) is 17.2 Å². The molecule has 1 aromatic carbocycles. The Morgan fingerprint density at radius 1 is 1.27 bits per heavy atom. The normalized spacial score (nSPS) is 24.0. The minimum Gasteiger partial charge on any atom is -0.493 e. The molecule has 1 aromatic rings. The van der Waals surface area contributed by atoms with Crippen molar-refractivity contribution < 1.29 is 14.2 Å². The molecule has 0 radical (unpaired) electrons. The van der Waals surface area contributed by atoms with Crippen molar-refractivity contribution in [3.8, 4) is 17.2 Å². The molecule has 3 aliphatic rings. The van der Waals surface area contributed by atoms with Gasteiger partial charge in [0, 0.05) is 19.1 Å². The summed E-state index contributed by atoms with van der Waals surface area (Å²) in [5.41, 5.74) is 1.18. The van der Waals surface area contributed by atoms with E-state index in [4.69, 9.17) is 14.2 Å². The van der Waals surface area contributed by atoms with E-state index in [-0.39, 0.29) is 6.79 Å². The molecule has 1 aliphatic carbocycles. The number of ether oxygens (including phenoxy) is 3. The number of nitrogens with one attached hydrogen (secondary N) is 1. The lowest BCUT2D eigenvalue weighted by atomic mass is 10.1. The van der Waals surface area contributed by atoms with Crippen molar-refractivity contribution in [1.29, 1.82) is 0 Å². The molecule has 120 valence electrons. The zero-order chi connectivity index (χ0) is 14.9. The first-order chi connectivity index (χ1) is 10.8. The van der Waals surface area contributed by atoms with Crippen molar-refractivity contribution in [3.63, 3.8) is 0 Å². The monoisotopic (exact) mass is 304 g/mol. The van der Waals surface area contributed by atoms with Crippen LogP contribution in [0.4, 0.5) is 0 Å². The number of benzene rings is 1. The molecular weight excluding hydrogens is 280 g/mol. The molecular formula is C17H24N2O3. The van der Waals surface area contributed by atoms with Gasteiger partial charge in [0.05, 0.1) is 7.11 Å². The van der Waals surface area contributed by atoms with Gasteiger partial charge in [-0.1, -0.05) is 0 Å². The molecule has 1 saturated carbocycles. The Morgan fingerprint density at radius 2 is 2.18 bits per heavy atom. The molecule has 22 heavy (non-hydrogen) atoms. The van der Waals surface area contributed by atoms with Crippen LogP contribution in [0, 0.1) is 5.92 Å². The Morgan fingerprint density at radius 3 is 3.00 bits per heavy atom. The first-order valence-electron chi connectivity index (χ1n) is 8.25. The van der Waals surface area contributed by atoms with Gasteiger partial charge in [-0.15, -0.1) is 0 Å². The van der Waals surface area contributed by atoms with Gasteiger partial charge in [0.2, 0.25) is 12.5 Å². The van der Waals surface area contributed by atoms with E-state index in [9.17, 15) is 0 Å². The molecule has 0 bridgehead atoms. The lowest BCUT2D eigenvalue weighted by Crippen LogP contribution is -2.27. The maximum absolute atomic E-state index is 5.47. The fourth-order valence-electron chi connectivity index (χ4n) is 3.51. The molecule has 0 unspecified atom stereocenters. The summed E-state index contributed by atoms with van der Waals surface area (Å²) in [6, 6.07) is 4.98. The topological polar surface area (TPSA) is 43.0 Å². The van der Waals surface area contributed by atoms with E-state index in [1.54, 1.807) is 7.11 Å². The van der Waals surface area contributed by atoms with Crippen LogP contribution in [0.1, 0.15) is 24.8 Å². The van der Waals surface area contributed by atoms with Crippen LogP contribution in [0.25, 0.3) is 0 Å². The van der Waals surface area contributed by atoms with Crippen LogP contribution in [0.15, 0.2) is 12.1 Å². The highest BCUT2D eigenvalue weighted by molar-refractivity contribution is 5.55. The molecule has 2 aliphatic heterocycles. The minimum atomic E-state index is 0.279. The highest BCUT2D eigenvalue weighted by Gasteiger charge is 2.34. The maximum Gasteiger partial charge on any atom is 0.231 e. The molecule has 1 saturated heterocycles. The standard InChI is InChI=1S/C17H24N2O3/c1-20-15-6-13(7-16-17(15)22-11-21-16)9-18-8-12-4-5-19(10-12)14-2-3-14/h6-7,12,14,18H,2-5,8-11H2,1H3/t12-/m1/s1. The molecule has 2 fully saturated rings. The summed E-state index contributed by atoms with van der Waals surface area (Å²) in [6.07, 6.45) is 4.15. The Kier molecular flexibility index (Phi) is 3.84. The van der Waals surface area contributed by atoms with E-state index in [1.165, 1.54) is 37.9 Å². The average Bonchev–Trinajstić information content (AvgIpc) is 3.09. The number of nitrogens with zero attached hydrogens (tertiary/aromatic N) is 1. The van der Waals surface area contributed by atoms with Crippen molar-refractivity contribution in [2.24, 2.45) is 5.92 Å². The van der Waals surface area contributed by atoms with Crippen LogP contribution in [0.2, 0.25) is 0 Å². The van der Waals surface area contributed by atoms with E-state index >= 15 is 0 Å². The lowest BCUT2D eigenvalue weighted by molar-refractivity contribution is 0.171. The molecule has 0 aromatic heterocycles. The third kappa shape index (κ3) is 2.88. The molecule has 2 heterocycles. The number of hydrogen-bond donors (Lipinski definition) is 1. The minimum absolute atomic E-state index is 0.279. The van der Waals surface area contributed by atoms with Crippen molar-refractivity contribution in [2.45, 2.75) is 31.8 Å². The van der Waals surface area contributed by atoms with Crippen LogP contribution in [0.3, 0.4) is 0 Å². The SMILES string of the molecule is COc1cc(CNC[C@H]2CCN(C3CC3)C2)cc2c1OCO2. The number of hydrogen-bond acceptors (Lipinski definition) is 5. The quantitative estimate of drug-likeness (QED) is 0.871. The molecule has 5 nitrogen and oxygen atoms in total. The summed E-state index contributed by atoms with van der Waals surface area (Å²) in [5, 5.41) is 3.59. The average molecular weight is 304 g/mol. The summed E-state index contributed by atoms with van der Waals surface area (Å²) in [7, 11) is 1.67. The summed E-state index contributed by atoms with van der Waals surface area (Å²) < 4.78 is 16.3. The second kappa shape index (κ2) is 5.97. The molecule has 1 atom stereocenters. The van der Waals surface area contributed by atoms with Gasteiger partial charge in [-0.05, 0) is 56.0 Å². The van der Waals surface area contributed by atoms with Crippen LogP contribution in [-0.4, -0.2) is 44.5 Å². The largest absolute Gasteiger partial charge is 0.493 e. The fourth-order valence-corrected chi connectivity index (χ4v) is 3.51. The van der Waals surface area contributed by atoms with E-state index < -0.39 is 0 Å². The molecule has 4 rings (SSSR count). The van der Waals surface area contributed by atoms with Crippen molar-refractivity contribution in [3.05, 3.63) is 17.7 Å². The van der Waals surface area contributed by atoms with E-state index in [0.717, 1.165) is 42.3 Å². The van der Waals surface area contributed by atoms with E-state index in [2.05, 4.69) is 10.2 Å². The van der Waals surface area contributed by atoms with Gasteiger partial charge in [-0.2, -0.15) is 0 Å². The summed E-state index contributed by atoms with van der Waals surface area (Å²) in [5.74, 6) is 3.06. The van der Waals surface area contributed by atoms with Gasteiger partial charge in [0.1, 0.15) is 0 Å². The summed E-state index contributed by atoms with van der Waals surface area (Å²) >= 11 is 0. The molecule has 0 spiro atoms. The van der Waals surface area contributed by atoms with E-state index in [0.29, 0.717) is 0 Å². The maximum atomic E-state index is 5.47. The Hall–Kier alpha value is -1.46. The fraction of sp³-hybridized carbons (Fsp3) is 0.647. The predicted octanol–water partition coefficient (Wildman–Crippen LogP) is 2.00. The zero-order valence-corrected chi connectivity index (χ0v) is 13.1. The molecule has 5 heteroatoms. The van der Waals surface area contributed by atoms with Gasteiger partial charge in [0.25, 0.3) is 0 Å². The van der Waals surface area contributed by atoms with Gasteiger partial charge in [0.15, 0.2) is 11.5 Å². The third-order valence-corrected chi connectivity index (χ3v) is 4.86. The lowest BCUT2D eigenvalue weighted by Gasteiger charge is -2.15. The van der Waals surface area contributed by atoms with Gasteiger partial charge >= 0.3 is 0 Å². The smallest absolute Gasteiger partial charge is 0.231 e. The molecule has 0 amide bonds. The van der Waals surface area contributed by atoms with Gasteiger partial charge < -0.3 is 24.4 Å². The van der Waals surface area contributed by atoms with Crippen LogP contribution >= 0.6 is 0 Å². The van der Waals surface area contributed by atoms with Crippen molar-refractivity contribution in [1.82, 2.24) is 10.2 Å². The second-order valence-corrected chi connectivity index (χ2v) is 6.54. The first-order valence-corrected chi connectivity index (χ1v) is 8.25. The van der Waals surface area contributed by atoms with Crippen LogP contribution in [-0.2, 0) is 6.54 Å². The first kappa shape index (κ1) is 14.2. The number of methoxy groups -OCH3 is 1. The predicted molar refractivity (Wildman–Crippen MR) is 83.5 cm³/mol. The van der Waals surface area contributed by atoms with Crippen molar-refractivity contribution >= 4 is 0 Å². The Bertz CT molecular complexity index is 545. The van der Waals surface area contributed by atoms with Crippen LogP contribution < -0.4 is 19.5 Å². The summed E-state index contributed by atoms with van der Waals surface area (Å²) in [6.45, 7) is 4.76. The second-order valence-electron chi connectivity index (χ2n) is 6.54. The van der Waals surface area contributed by atoms with Gasteiger partial charge in [-0.3, -0.25) is 0 Å². The Balaban J connectivity index is 1.30.